The summed E-state index contributed by atoms with van der Waals surface area (Å²) in [7, 11) is 0.172. The molecule has 1 atom stereocenters. The number of rotatable bonds is 4. The highest BCUT2D eigenvalue weighted by Crippen LogP contribution is 2.22. The lowest BCUT2D eigenvalue weighted by Crippen LogP contribution is -2.45. The van der Waals surface area contributed by atoms with Gasteiger partial charge in [-0.25, -0.2) is 8.42 Å². The molecule has 0 aliphatic carbocycles. The van der Waals surface area contributed by atoms with Gasteiger partial charge < -0.3 is 4.90 Å². The molecule has 0 saturated carbocycles. The Hall–Kier alpha value is -1.41. The molecule has 0 N–H and O–H groups in total. The number of likely N-dealkylation sites (N-methyl/N-ethyl adjacent to an activating group) is 1. The summed E-state index contributed by atoms with van der Waals surface area (Å²) in [6.07, 6.45) is 6.01. The van der Waals surface area contributed by atoms with Crippen molar-refractivity contribution in [2.45, 2.75) is 25.4 Å². The molecule has 0 bridgehead atoms. The van der Waals surface area contributed by atoms with Gasteiger partial charge in [0.15, 0.2) is 0 Å². The first-order chi connectivity index (χ1) is 9.29. The zero-order valence-corrected chi connectivity index (χ0v) is 12.8. The number of aromatic nitrogens is 2. The molecule has 0 aromatic carbocycles. The highest BCUT2D eigenvalue weighted by atomic mass is 32.2. The van der Waals surface area contributed by atoms with Crippen LogP contribution in [0.2, 0.25) is 0 Å². The molecule has 1 aromatic rings. The van der Waals surface area contributed by atoms with Crippen LogP contribution in [0, 0.1) is 0 Å². The Morgan fingerprint density at radius 3 is 2.80 bits per heavy atom. The highest BCUT2D eigenvalue weighted by molar-refractivity contribution is 7.88. The van der Waals surface area contributed by atoms with Crippen LogP contribution in [0.25, 0.3) is 0 Å². The van der Waals surface area contributed by atoms with Crippen LogP contribution in [-0.4, -0.2) is 59.2 Å². The van der Waals surface area contributed by atoms with E-state index in [1.54, 1.807) is 22.8 Å². The number of carbonyl (C=O) groups excluding carboxylic acids is 1. The van der Waals surface area contributed by atoms with E-state index in [0.717, 1.165) is 18.2 Å². The van der Waals surface area contributed by atoms with E-state index in [-0.39, 0.29) is 5.91 Å². The summed E-state index contributed by atoms with van der Waals surface area (Å²) in [5.41, 5.74) is 0.923. The Morgan fingerprint density at radius 1 is 1.55 bits per heavy atom. The third kappa shape index (κ3) is 3.18. The average molecular weight is 300 g/mol. The Kier molecular flexibility index (Phi) is 4.14. The lowest BCUT2D eigenvalue weighted by Gasteiger charge is -2.26. The van der Waals surface area contributed by atoms with Crippen molar-refractivity contribution < 1.29 is 13.2 Å². The molecule has 2 heterocycles. The SMILES string of the molecule is CN(Cc1cnn(C)c1)C(=O)[C@@H]1CCCN1S(C)(=O)=O. The van der Waals surface area contributed by atoms with E-state index in [1.165, 1.54) is 4.31 Å². The van der Waals surface area contributed by atoms with Crippen LogP contribution in [0.15, 0.2) is 12.4 Å². The first kappa shape index (κ1) is 15.0. The number of hydrogen-bond acceptors (Lipinski definition) is 4. The quantitative estimate of drug-likeness (QED) is 0.772. The molecule has 1 fully saturated rings. The monoisotopic (exact) mass is 300 g/mol. The summed E-state index contributed by atoms with van der Waals surface area (Å²) >= 11 is 0. The molecule has 1 amide bonds. The minimum absolute atomic E-state index is 0.156. The minimum atomic E-state index is -3.33. The van der Waals surface area contributed by atoms with Gasteiger partial charge in [-0.05, 0) is 12.8 Å². The average Bonchev–Trinajstić information content (AvgIpc) is 2.96. The van der Waals surface area contributed by atoms with Crippen molar-refractivity contribution in [3.8, 4) is 0 Å². The molecule has 112 valence electrons. The smallest absolute Gasteiger partial charge is 0.241 e. The van der Waals surface area contributed by atoms with Crippen LogP contribution in [0.1, 0.15) is 18.4 Å². The molecule has 0 spiro atoms. The fraction of sp³-hybridized carbons (Fsp3) is 0.667. The topological polar surface area (TPSA) is 75.5 Å². The molecule has 1 saturated heterocycles. The highest BCUT2D eigenvalue weighted by Gasteiger charge is 2.37. The molecular formula is C12H20N4O3S. The van der Waals surface area contributed by atoms with Crippen LogP contribution in [0.5, 0.6) is 0 Å². The summed E-state index contributed by atoms with van der Waals surface area (Å²) in [5, 5.41) is 4.05. The first-order valence-corrected chi connectivity index (χ1v) is 8.33. The predicted octanol–water partition coefficient (Wildman–Crippen LogP) is -0.197. The van der Waals surface area contributed by atoms with Gasteiger partial charge in [-0.1, -0.05) is 0 Å². The Balaban J connectivity index is 2.06. The van der Waals surface area contributed by atoms with Crippen molar-refractivity contribution in [3.05, 3.63) is 18.0 Å². The maximum absolute atomic E-state index is 12.4. The largest absolute Gasteiger partial charge is 0.340 e. The van der Waals surface area contributed by atoms with E-state index in [4.69, 9.17) is 0 Å². The molecule has 0 radical (unpaired) electrons. The van der Waals surface area contributed by atoms with E-state index in [9.17, 15) is 13.2 Å². The van der Waals surface area contributed by atoms with Gasteiger partial charge in [0, 0.05) is 38.9 Å². The van der Waals surface area contributed by atoms with Gasteiger partial charge in [0.1, 0.15) is 6.04 Å². The van der Waals surface area contributed by atoms with Crippen LogP contribution < -0.4 is 0 Å². The fourth-order valence-electron chi connectivity index (χ4n) is 2.54. The molecule has 0 unspecified atom stereocenters. The van der Waals surface area contributed by atoms with Crippen LogP contribution in [0.3, 0.4) is 0 Å². The molecule has 8 heteroatoms. The summed E-state index contributed by atoms with van der Waals surface area (Å²) < 4.78 is 26.3. The van der Waals surface area contributed by atoms with Crippen LogP contribution in [0.4, 0.5) is 0 Å². The van der Waals surface area contributed by atoms with E-state index < -0.39 is 16.1 Å². The number of nitrogens with zero attached hydrogens (tertiary/aromatic N) is 4. The number of hydrogen-bond donors (Lipinski definition) is 0. The van der Waals surface area contributed by atoms with Crippen molar-refractivity contribution in [3.63, 3.8) is 0 Å². The summed E-state index contributed by atoms with van der Waals surface area (Å²) in [6.45, 7) is 0.858. The second-order valence-electron chi connectivity index (χ2n) is 5.25. The standard InChI is InChI=1S/C12H20N4O3S/c1-14(8-10-7-13-15(2)9-10)12(17)11-5-4-6-16(11)20(3,18)19/h7,9,11H,4-6,8H2,1-3H3/t11-/m0/s1. The summed E-state index contributed by atoms with van der Waals surface area (Å²) in [6, 6.07) is -0.563. The second kappa shape index (κ2) is 5.53. The van der Waals surface area contributed by atoms with Crippen LogP contribution >= 0.6 is 0 Å². The van der Waals surface area contributed by atoms with Crippen molar-refractivity contribution in [2.75, 3.05) is 19.8 Å². The Bertz CT molecular complexity index is 596. The fourth-order valence-corrected chi connectivity index (χ4v) is 3.66. The lowest BCUT2D eigenvalue weighted by molar-refractivity contribution is -0.133. The zero-order chi connectivity index (χ0) is 14.9. The van der Waals surface area contributed by atoms with Crippen molar-refractivity contribution in [1.82, 2.24) is 19.0 Å². The van der Waals surface area contributed by atoms with Crippen LogP contribution in [-0.2, 0) is 28.4 Å². The van der Waals surface area contributed by atoms with Gasteiger partial charge in [0.05, 0.1) is 12.5 Å². The van der Waals surface area contributed by atoms with Gasteiger partial charge in [0.25, 0.3) is 0 Å². The zero-order valence-electron chi connectivity index (χ0n) is 12.0. The van der Waals surface area contributed by atoms with E-state index in [2.05, 4.69) is 5.10 Å². The third-order valence-electron chi connectivity index (χ3n) is 3.47. The summed E-state index contributed by atoms with van der Waals surface area (Å²) in [5.74, 6) is -0.156. The lowest BCUT2D eigenvalue weighted by atomic mass is 10.2. The second-order valence-corrected chi connectivity index (χ2v) is 7.18. The summed E-state index contributed by atoms with van der Waals surface area (Å²) in [4.78, 5) is 14.0. The first-order valence-electron chi connectivity index (χ1n) is 6.48. The molecule has 2 rings (SSSR count). The number of carbonyl (C=O) groups is 1. The van der Waals surface area contributed by atoms with Gasteiger partial charge in [-0.3, -0.25) is 9.48 Å². The maximum atomic E-state index is 12.4. The van der Waals surface area contributed by atoms with Gasteiger partial charge in [-0.2, -0.15) is 9.40 Å². The Morgan fingerprint density at radius 2 is 2.25 bits per heavy atom. The van der Waals surface area contributed by atoms with E-state index in [1.807, 2.05) is 13.2 Å². The van der Waals surface area contributed by atoms with E-state index in [0.29, 0.717) is 19.5 Å². The molecule has 1 aromatic heterocycles. The van der Waals surface area contributed by atoms with Gasteiger partial charge >= 0.3 is 0 Å². The molecule has 20 heavy (non-hydrogen) atoms. The maximum Gasteiger partial charge on any atom is 0.241 e. The third-order valence-corrected chi connectivity index (χ3v) is 4.76. The van der Waals surface area contributed by atoms with Gasteiger partial charge in [-0.15, -0.1) is 0 Å². The van der Waals surface area contributed by atoms with Gasteiger partial charge in [0.2, 0.25) is 15.9 Å². The predicted molar refractivity (Wildman–Crippen MR) is 74.3 cm³/mol. The Labute approximate surface area is 119 Å². The molecular weight excluding hydrogens is 280 g/mol. The molecule has 1 aliphatic rings. The number of sulfonamides is 1. The van der Waals surface area contributed by atoms with Crippen molar-refractivity contribution in [2.24, 2.45) is 7.05 Å². The molecule has 1 aliphatic heterocycles. The molecule has 7 nitrogen and oxygen atoms in total. The van der Waals surface area contributed by atoms with Crippen molar-refractivity contribution in [1.29, 1.82) is 0 Å². The number of amides is 1. The minimum Gasteiger partial charge on any atom is -0.340 e. The van der Waals surface area contributed by atoms with Crippen molar-refractivity contribution >= 4 is 15.9 Å². The van der Waals surface area contributed by atoms with E-state index >= 15 is 0 Å². The normalized spacial score (nSPS) is 20.2. The number of aryl methyl sites for hydroxylation is 1.